The van der Waals surface area contributed by atoms with Gasteiger partial charge in [0.15, 0.2) is 0 Å². The predicted molar refractivity (Wildman–Crippen MR) is 48.1 cm³/mol. The molecule has 3 heteroatoms. The fraction of sp³-hybridized carbons (Fsp3) is 0. The highest BCUT2D eigenvalue weighted by Crippen LogP contribution is 2.22. The number of thiophene rings is 1. The fourth-order valence-corrected chi connectivity index (χ4v) is 1.66. The van der Waals surface area contributed by atoms with Crippen LogP contribution < -0.4 is 5.73 Å². The van der Waals surface area contributed by atoms with Crippen molar-refractivity contribution in [3.8, 4) is 5.69 Å². The Morgan fingerprint density at radius 3 is 2.55 bits per heavy atom. The Bertz CT molecular complexity index is 335. The largest absolute Gasteiger partial charge is 0.389 e. The molecule has 11 heavy (non-hydrogen) atoms. The Morgan fingerprint density at radius 2 is 2.00 bits per heavy atom. The molecule has 2 rings (SSSR count). The summed E-state index contributed by atoms with van der Waals surface area (Å²) in [5.41, 5.74) is 6.80. The topological polar surface area (TPSA) is 30.9 Å². The Balaban J connectivity index is 2.53. The second-order valence-electron chi connectivity index (χ2n) is 2.26. The molecule has 0 amide bonds. The summed E-state index contributed by atoms with van der Waals surface area (Å²) in [4.78, 5) is 0. The molecular weight excluding hydrogens is 156 g/mol. The van der Waals surface area contributed by atoms with Gasteiger partial charge in [0.25, 0.3) is 0 Å². The first kappa shape index (κ1) is 6.49. The zero-order valence-electron chi connectivity index (χ0n) is 5.90. The molecular formula is C8H8N2S. The van der Waals surface area contributed by atoms with Crippen molar-refractivity contribution in [2.75, 3.05) is 5.73 Å². The third-order valence-corrected chi connectivity index (χ3v) is 2.29. The van der Waals surface area contributed by atoms with Crippen LogP contribution in [-0.2, 0) is 0 Å². The molecule has 0 aliphatic rings. The van der Waals surface area contributed by atoms with Gasteiger partial charge in [0.2, 0.25) is 0 Å². The molecule has 2 aromatic rings. The number of aromatic nitrogens is 1. The standard InChI is InChI=1S/C8H8N2S/c9-8-7(3-6-11-8)10-4-1-2-5-10/h1-6H,9H2. The Morgan fingerprint density at radius 1 is 1.27 bits per heavy atom. The lowest BCUT2D eigenvalue weighted by Gasteiger charge is -1.98. The van der Waals surface area contributed by atoms with Gasteiger partial charge in [-0.1, -0.05) is 0 Å². The number of anilines is 1. The van der Waals surface area contributed by atoms with Gasteiger partial charge in [-0.05, 0) is 23.6 Å². The molecule has 0 aromatic carbocycles. The van der Waals surface area contributed by atoms with Gasteiger partial charge in [0.1, 0.15) is 5.00 Å². The summed E-state index contributed by atoms with van der Waals surface area (Å²) in [5, 5.41) is 2.85. The predicted octanol–water partition coefficient (Wildman–Crippen LogP) is 2.12. The van der Waals surface area contributed by atoms with Gasteiger partial charge >= 0.3 is 0 Å². The molecule has 0 bridgehead atoms. The van der Waals surface area contributed by atoms with Crippen molar-refractivity contribution in [2.45, 2.75) is 0 Å². The number of nitrogens with two attached hydrogens (primary N) is 1. The van der Waals surface area contributed by atoms with Crippen LogP contribution in [0.15, 0.2) is 36.0 Å². The maximum absolute atomic E-state index is 5.73. The van der Waals surface area contributed by atoms with Crippen molar-refractivity contribution in [3.05, 3.63) is 36.0 Å². The fourth-order valence-electron chi connectivity index (χ4n) is 1.02. The monoisotopic (exact) mass is 164 g/mol. The number of hydrogen-bond donors (Lipinski definition) is 1. The molecule has 0 aliphatic heterocycles. The minimum atomic E-state index is 0.862. The van der Waals surface area contributed by atoms with E-state index in [9.17, 15) is 0 Å². The molecule has 0 atom stereocenters. The smallest absolute Gasteiger partial charge is 0.110 e. The normalized spacial score (nSPS) is 10.2. The van der Waals surface area contributed by atoms with Gasteiger partial charge in [-0.2, -0.15) is 0 Å². The summed E-state index contributed by atoms with van der Waals surface area (Å²) in [6.07, 6.45) is 3.97. The molecule has 2 N–H and O–H groups in total. The van der Waals surface area contributed by atoms with Crippen LogP contribution in [0.5, 0.6) is 0 Å². The van der Waals surface area contributed by atoms with Gasteiger partial charge < -0.3 is 10.3 Å². The minimum absolute atomic E-state index is 0.862. The van der Waals surface area contributed by atoms with E-state index in [2.05, 4.69) is 0 Å². The molecule has 0 spiro atoms. The summed E-state index contributed by atoms with van der Waals surface area (Å²) in [6.45, 7) is 0. The van der Waals surface area contributed by atoms with Crippen LogP contribution in [0.4, 0.5) is 5.00 Å². The van der Waals surface area contributed by atoms with Crippen molar-refractivity contribution < 1.29 is 0 Å². The maximum Gasteiger partial charge on any atom is 0.110 e. The molecule has 56 valence electrons. The first-order valence-electron chi connectivity index (χ1n) is 3.34. The summed E-state index contributed by atoms with van der Waals surface area (Å²) in [6, 6.07) is 5.98. The zero-order valence-corrected chi connectivity index (χ0v) is 6.71. The van der Waals surface area contributed by atoms with Crippen LogP contribution in [0.25, 0.3) is 5.69 Å². The van der Waals surface area contributed by atoms with E-state index in [0.717, 1.165) is 10.7 Å². The maximum atomic E-state index is 5.73. The second kappa shape index (κ2) is 2.43. The quantitative estimate of drug-likeness (QED) is 0.687. The van der Waals surface area contributed by atoms with E-state index < -0.39 is 0 Å². The lowest BCUT2D eigenvalue weighted by atomic mass is 10.5. The van der Waals surface area contributed by atoms with Crippen molar-refractivity contribution >= 4 is 16.3 Å². The van der Waals surface area contributed by atoms with E-state index in [1.54, 1.807) is 11.3 Å². The van der Waals surface area contributed by atoms with Crippen molar-refractivity contribution in [1.29, 1.82) is 0 Å². The van der Waals surface area contributed by atoms with Crippen LogP contribution >= 0.6 is 11.3 Å². The number of nitrogen functional groups attached to an aromatic ring is 1. The minimum Gasteiger partial charge on any atom is -0.389 e. The molecule has 0 fully saturated rings. The van der Waals surface area contributed by atoms with E-state index in [1.165, 1.54) is 0 Å². The SMILES string of the molecule is Nc1sccc1-n1cccc1. The lowest BCUT2D eigenvalue weighted by molar-refractivity contribution is 1.09. The van der Waals surface area contributed by atoms with E-state index in [1.807, 2.05) is 40.5 Å². The average molecular weight is 164 g/mol. The molecule has 0 unspecified atom stereocenters. The van der Waals surface area contributed by atoms with E-state index >= 15 is 0 Å². The molecule has 0 saturated heterocycles. The summed E-state index contributed by atoms with van der Waals surface area (Å²) >= 11 is 1.56. The Kier molecular flexibility index (Phi) is 1.43. The molecule has 0 aliphatic carbocycles. The van der Waals surface area contributed by atoms with E-state index in [4.69, 9.17) is 5.73 Å². The van der Waals surface area contributed by atoms with E-state index in [-0.39, 0.29) is 0 Å². The van der Waals surface area contributed by atoms with Gasteiger partial charge in [-0.15, -0.1) is 11.3 Å². The first-order valence-corrected chi connectivity index (χ1v) is 4.22. The van der Waals surface area contributed by atoms with Crippen molar-refractivity contribution in [3.63, 3.8) is 0 Å². The molecule has 0 saturated carbocycles. The summed E-state index contributed by atoms with van der Waals surface area (Å²) < 4.78 is 2.01. The molecule has 2 nitrogen and oxygen atoms in total. The van der Waals surface area contributed by atoms with Crippen LogP contribution in [0, 0.1) is 0 Å². The van der Waals surface area contributed by atoms with Crippen molar-refractivity contribution in [2.24, 2.45) is 0 Å². The number of hydrogen-bond acceptors (Lipinski definition) is 2. The Hall–Kier alpha value is -1.22. The van der Waals surface area contributed by atoms with Gasteiger partial charge in [0.05, 0.1) is 5.69 Å². The number of rotatable bonds is 1. The third-order valence-electron chi connectivity index (χ3n) is 1.56. The van der Waals surface area contributed by atoms with Crippen LogP contribution in [0.1, 0.15) is 0 Å². The summed E-state index contributed by atoms with van der Waals surface area (Å²) in [5.74, 6) is 0. The summed E-state index contributed by atoms with van der Waals surface area (Å²) in [7, 11) is 0. The highest BCUT2D eigenvalue weighted by atomic mass is 32.1. The molecule has 0 radical (unpaired) electrons. The Labute approximate surface area is 68.9 Å². The number of nitrogens with zero attached hydrogens (tertiary/aromatic N) is 1. The lowest BCUT2D eigenvalue weighted by Crippen LogP contribution is -1.91. The second-order valence-corrected chi connectivity index (χ2v) is 3.21. The van der Waals surface area contributed by atoms with Gasteiger partial charge in [0, 0.05) is 12.4 Å². The van der Waals surface area contributed by atoms with Gasteiger partial charge in [-0.3, -0.25) is 0 Å². The first-order chi connectivity index (χ1) is 5.38. The van der Waals surface area contributed by atoms with Crippen LogP contribution in [-0.4, -0.2) is 4.57 Å². The van der Waals surface area contributed by atoms with Crippen LogP contribution in [0.3, 0.4) is 0 Å². The third kappa shape index (κ3) is 1.03. The average Bonchev–Trinajstić information content (AvgIpc) is 2.55. The molecule has 2 heterocycles. The van der Waals surface area contributed by atoms with E-state index in [0.29, 0.717) is 0 Å². The highest BCUT2D eigenvalue weighted by molar-refractivity contribution is 7.14. The highest BCUT2D eigenvalue weighted by Gasteiger charge is 1.99. The van der Waals surface area contributed by atoms with Crippen molar-refractivity contribution in [1.82, 2.24) is 4.57 Å². The zero-order chi connectivity index (χ0) is 7.68. The van der Waals surface area contributed by atoms with Gasteiger partial charge in [-0.25, -0.2) is 0 Å². The van der Waals surface area contributed by atoms with Crippen LogP contribution in [0.2, 0.25) is 0 Å². The molecule has 2 aromatic heterocycles.